The Balaban J connectivity index is 2.77. The standard InChI is InChI=1S/C12H20N2O4S/c1-9-10(11(15)16)19-12(13-9)14(6-8-18-3)5-4-7-17-2/h4-8H2,1-3H3,(H,15,16). The van der Waals surface area contributed by atoms with Gasteiger partial charge in [-0.05, 0) is 13.3 Å². The zero-order chi connectivity index (χ0) is 14.3. The average molecular weight is 288 g/mol. The third kappa shape index (κ3) is 4.77. The van der Waals surface area contributed by atoms with Gasteiger partial charge in [0.1, 0.15) is 4.88 Å². The first-order valence-electron chi connectivity index (χ1n) is 6.03. The molecule has 1 aromatic heterocycles. The highest BCUT2D eigenvalue weighted by molar-refractivity contribution is 7.17. The topological polar surface area (TPSA) is 71.9 Å². The highest BCUT2D eigenvalue weighted by atomic mass is 32.1. The van der Waals surface area contributed by atoms with Crippen molar-refractivity contribution in [3.63, 3.8) is 0 Å². The van der Waals surface area contributed by atoms with Crippen LogP contribution < -0.4 is 4.90 Å². The van der Waals surface area contributed by atoms with E-state index in [0.717, 1.165) is 18.1 Å². The van der Waals surface area contributed by atoms with Gasteiger partial charge in [-0.15, -0.1) is 0 Å². The zero-order valence-corrected chi connectivity index (χ0v) is 12.3. The van der Waals surface area contributed by atoms with Crippen LogP contribution in [0.2, 0.25) is 0 Å². The van der Waals surface area contributed by atoms with Crippen LogP contribution in [0.3, 0.4) is 0 Å². The summed E-state index contributed by atoms with van der Waals surface area (Å²) in [5, 5.41) is 9.78. The van der Waals surface area contributed by atoms with Crippen molar-refractivity contribution in [1.82, 2.24) is 4.98 Å². The molecule has 1 rings (SSSR count). The van der Waals surface area contributed by atoms with Crippen LogP contribution >= 0.6 is 11.3 Å². The third-order valence-electron chi connectivity index (χ3n) is 2.59. The van der Waals surface area contributed by atoms with Crippen LogP contribution in [0, 0.1) is 6.92 Å². The van der Waals surface area contributed by atoms with Gasteiger partial charge in [0, 0.05) is 33.9 Å². The molecule has 0 radical (unpaired) electrons. The fourth-order valence-corrected chi connectivity index (χ4v) is 2.58. The van der Waals surface area contributed by atoms with E-state index in [1.807, 2.05) is 4.90 Å². The van der Waals surface area contributed by atoms with E-state index in [2.05, 4.69) is 4.98 Å². The lowest BCUT2D eigenvalue weighted by Crippen LogP contribution is -2.28. The van der Waals surface area contributed by atoms with E-state index in [4.69, 9.17) is 14.6 Å². The molecule has 0 aliphatic heterocycles. The molecule has 1 aromatic rings. The molecule has 108 valence electrons. The predicted octanol–water partition coefficient (Wildman–Crippen LogP) is 1.64. The molecular formula is C12H20N2O4S. The number of carbonyl (C=O) groups is 1. The van der Waals surface area contributed by atoms with E-state index >= 15 is 0 Å². The van der Waals surface area contributed by atoms with Crippen molar-refractivity contribution in [3.8, 4) is 0 Å². The van der Waals surface area contributed by atoms with Crippen molar-refractivity contribution in [2.75, 3.05) is 45.4 Å². The third-order valence-corrected chi connectivity index (χ3v) is 3.80. The number of aromatic nitrogens is 1. The number of aryl methyl sites for hydroxylation is 1. The summed E-state index contributed by atoms with van der Waals surface area (Å²) < 4.78 is 10.1. The maximum Gasteiger partial charge on any atom is 0.347 e. The van der Waals surface area contributed by atoms with Crippen molar-refractivity contribution < 1.29 is 19.4 Å². The first-order valence-corrected chi connectivity index (χ1v) is 6.85. The van der Waals surface area contributed by atoms with Crippen LogP contribution in [0.25, 0.3) is 0 Å². The summed E-state index contributed by atoms with van der Waals surface area (Å²) in [5.41, 5.74) is 0.557. The van der Waals surface area contributed by atoms with Crippen LogP contribution in [0.4, 0.5) is 5.13 Å². The van der Waals surface area contributed by atoms with Gasteiger partial charge in [-0.1, -0.05) is 11.3 Å². The second-order valence-electron chi connectivity index (χ2n) is 4.04. The molecule has 1 N–H and O–H groups in total. The molecule has 1 heterocycles. The van der Waals surface area contributed by atoms with Gasteiger partial charge < -0.3 is 19.5 Å². The number of ether oxygens (including phenoxy) is 2. The number of nitrogens with zero attached hydrogens (tertiary/aromatic N) is 2. The van der Waals surface area contributed by atoms with E-state index < -0.39 is 5.97 Å². The van der Waals surface area contributed by atoms with Gasteiger partial charge in [-0.3, -0.25) is 0 Å². The number of thiazole rings is 1. The number of methoxy groups -OCH3 is 2. The average Bonchev–Trinajstić information content (AvgIpc) is 2.76. The normalized spacial score (nSPS) is 10.7. The summed E-state index contributed by atoms with van der Waals surface area (Å²) in [7, 11) is 3.30. The van der Waals surface area contributed by atoms with Crippen LogP contribution in [-0.2, 0) is 9.47 Å². The Morgan fingerprint density at radius 1 is 1.32 bits per heavy atom. The van der Waals surface area contributed by atoms with Crippen molar-refractivity contribution in [3.05, 3.63) is 10.6 Å². The molecule has 6 nitrogen and oxygen atoms in total. The lowest BCUT2D eigenvalue weighted by Gasteiger charge is -2.21. The molecule has 0 aliphatic carbocycles. The maximum absolute atomic E-state index is 11.0. The summed E-state index contributed by atoms with van der Waals surface area (Å²) in [6.07, 6.45) is 0.862. The Bertz CT molecular complexity index is 408. The maximum atomic E-state index is 11.0. The summed E-state index contributed by atoms with van der Waals surface area (Å²) in [4.78, 5) is 17.7. The van der Waals surface area contributed by atoms with Crippen molar-refractivity contribution in [2.24, 2.45) is 0 Å². The van der Waals surface area contributed by atoms with E-state index in [1.165, 1.54) is 11.3 Å². The molecule has 0 aromatic carbocycles. The quantitative estimate of drug-likeness (QED) is 0.696. The lowest BCUT2D eigenvalue weighted by atomic mass is 10.4. The first-order chi connectivity index (χ1) is 9.10. The Morgan fingerprint density at radius 2 is 2.00 bits per heavy atom. The predicted molar refractivity (Wildman–Crippen MR) is 74.4 cm³/mol. The van der Waals surface area contributed by atoms with Crippen molar-refractivity contribution in [2.45, 2.75) is 13.3 Å². The van der Waals surface area contributed by atoms with Gasteiger partial charge in [0.05, 0.1) is 12.3 Å². The van der Waals surface area contributed by atoms with Crippen molar-refractivity contribution >= 4 is 22.4 Å². The fraction of sp³-hybridized carbons (Fsp3) is 0.667. The number of carboxylic acid groups (broad SMARTS) is 1. The molecule has 0 saturated heterocycles. The number of aromatic carboxylic acids is 1. The zero-order valence-electron chi connectivity index (χ0n) is 11.5. The minimum absolute atomic E-state index is 0.296. The number of carboxylic acids is 1. The smallest absolute Gasteiger partial charge is 0.347 e. The largest absolute Gasteiger partial charge is 0.477 e. The van der Waals surface area contributed by atoms with Gasteiger partial charge in [0.25, 0.3) is 0 Å². The monoisotopic (exact) mass is 288 g/mol. The van der Waals surface area contributed by atoms with Gasteiger partial charge in [0.2, 0.25) is 0 Å². The molecule has 0 bridgehead atoms. The Kier molecular flexibility index (Phi) is 6.75. The van der Waals surface area contributed by atoms with Gasteiger partial charge in [-0.25, -0.2) is 9.78 Å². The van der Waals surface area contributed by atoms with Crippen LogP contribution in [0.1, 0.15) is 21.8 Å². The van der Waals surface area contributed by atoms with Crippen molar-refractivity contribution in [1.29, 1.82) is 0 Å². The van der Waals surface area contributed by atoms with Crippen LogP contribution in [0.15, 0.2) is 0 Å². The Morgan fingerprint density at radius 3 is 2.53 bits per heavy atom. The highest BCUT2D eigenvalue weighted by Gasteiger charge is 2.17. The first kappa shape index (κ1) is 15.9. The molecule has 0 unspecified atom stereocenters. The summed E-state index contributed by atoms with van der Waals surface area (Å²) in [6, 6.07) is 0. The van der Waals surface area contributed by atoms with Crippen LogP contribution in [0.5, 0.6) is 0 Å². The highest BCUT2D eigenvalue weighted by Crippen LogP contribution is 2.26. The van der Waals surface area contributed by atoms with E-state index in [9.17, 15) is 4.79 Å². The molecule has 19 heavy (non-hydrogen) atoms. The fourth-order valence-electron chi connectivity index (χ4n) is 1.62. The molecule has 0 spiro atoms. The van der Waals surface area contributed by atoms with Gasteiger partial charge in [-0.2, -0.15) is 0 Å². The van der Waals surface area contributed by atoms with Crippen LogP contribution in [-0.4, -0.2) is 56.6 Å². The Hall–Kier alpha value is -1.18. The second-order valence-corrected chi connectivity index (χ2v) is 5.02. The summed E-state index contributed by atoms with van der Waals surface area (Å²) >= 11 is 1.20. The number of anilines is 1. The molecule has 7 heteroatoms. The second kappa shape index (κ2) is 8.08. The summed E-state index contributed by atoms with van der Waals surface area (Å²) in [6.45, 7) is 4.41. The molecule has 0 aliphatic rings. The number of hydrogen-bond donors (Lipinski definition) is 1. The molecule has 0 fully saturated rings. The molecule has 0 saturated carbocycles. The SMILES string of the molecule is COCCCN(CCOC)c1nc(C)c(C(=O)O)s1. The Labute approximate surface area is 117 Å². The number of rotatable bonds is 9. The number of hydrogen-bond acceptors (Lipinski definition) is 6. The van der Waals surface area contributed by atoms with Gasteiger partial charge >= 0.3 is 5.97 Å². The lowest BCUT2D eigenvalue weighted by molar-refractivity contribution is 0.0701. The van der Waals surface area contributed by atoms with E-state index in [1.54, 1.807) is 21.1 Å². The molecular weight excluding hydrogens is 268 g/mol. The molecule has 0 atom stereocenters. The summed E-state index contributed by atoms with van der Waals surface area (Å²) in [5.74, 6) is -0.926. The minimum Gasteiger partial charge on any atom is -0.477 e. The molecule has 0 amide bonds. The van der Waals surface area contributed by atoms with E-state index in [0.29, 0.717) is 30.3 Å². The van der Waals surface area contributed by atoms with E-state index in [-0.39, 0.29) is 0 Å². The minimum atomic E-state index is -0.926. The van der Waals surface area contributed by atoms with Gasteiger partial charge in [0.15, 0.2) is 5.13 Å².